The zero-order valence-electron chi connectivity index (χ0n) is 16.5. The van der Waals surface area contributed by atoms with Gasteiger partial charge in [-0.1, -0.05) is 5.16 Å². The number of nitrogens with zero attached hydrogens (tertiary/aromatic N) is 3. The number of benzene rings is 1. The molecule has 1 aliphatic heterocycles. The molecule has 3 rings (SSSR count). The molecule has 1 amide bonds. The Morgan fingerprint density at radius 2 is 2.03 bits per heavy atom. The van der Waals surface area contributed by atoms with Crippen molar-refractivity contribution in [2.24, 2.45) is 5.92 Å². The minimum Gasteiger partial charge on any atom is -0.360 e. The van der Waals surface area contributed by atoms with Gasteiger partial charge in [0, 0.05) is 31.4 Å². The number of amides is 1. The fourth-order valence-corrected chi connectivity index (χ4v) is 5.49. The van der Waals surface area contributed by atoms with Crippen LogP contribution in [0.3, 0.4) is 0 Å². The summed E-state index contributed by atoms with van der Waals surface area (Å²) in [7, 11) is -3.86. The minimum absolute atomic E-state index is 0.00536. The largest absolute Gasteiger partial charge is 0.360 e. The van der Waals surface area contributed by atoms with Crippen LogP contribution >= 0.6 is 0 Å². The van der Waals surface area contributed by atoms with Crippen LogP contribution in [-0.2, 0) is 14.8 Å². The molecule has 7 nitrogen and oxygen atoms in total. The summed E-state index contributed by atoms with van der Waals surface area (Å²) in [6.45, 7) is 5.34. The molecule has 0 spiro atoms. The van der Waals surface area contributed by atoms with Gasteiger partial charge < -0.3 is 9.42 Å². The van der Waals surface area contributed by atoms with Crippen molar-refractivity contribution in [1.29, 1.82) is 0 Å². The molecule has 2 aromatic rings. The average Bonchev–Trinajstić information content (AvgIpc) is 3.04. The van der Waals surface area contributed by atoms with E-state index in [1.54, 1.807) is 13.8 Å². The first-order valence-electron chi connectivity index (χ1n) is 9.36. The maximum atomic E-state index is 13.6. The van der Waals surface area contributed by atoms with Crippen molar-refractivity contribution in [2.45, 2.75) is 38.5 Å². The number of aryl methyl sites for hydroxylation is 2. The highest BCUT2D eigenvalue weighted by atomic mass is 32.2. The summed E-state index contributed by atoms with van der Waals surface area (Å²) >= 11 is 0. The molecule has 1 atom stereocenters. The SMILES string of the molecule is CCN(C(=O)C1CCCN(S(=O)(=O)c2c(C)noc2C)C1)c1ccc(F)c(F)c1. The average molecular weight is 427 g/mol. The lowest BCUT2D eigenvalue weighted by Gasteiger charge is -2.34. The van der Waals surface area contributed by atoms with Crippen molar-refractivity contribution >= 4 is 21.6 Å². The quantitative estimate of drug-likeness (QED) is 0.733. The van der Waals surface area contributed by atoms with Gasteiger partial charge in [-0.15, -0.1) is 0 Å². The lowest BCUT2D eigenvalue weighted by Crippen LogP contribution is -2.47. The van der Waals surface area contributed by atoms with Crippen molar-refractivity contribution in [1.82, 2.24) is 9.46 Å². The maximum Gasteiger partial charge on any atom is 0.248 e. The molecule has 1 aliphatic rings. The highest BCUT2D eigenvalue weighted by molar-refractivity contribution is 7.89. The number of piperidine rings is 1. The Kier molecular flexibility index (Phi) is 6.04. The van der Waals surface area contributed by atoms with Crippen molar-refractivity contribution in [3.63, 3.8) is 0 Å². The van der Waals surface area contributed by atoms with Crippen LogP contribution in [0.1, 0.15) is 31.2 Å². The Morgan fingerprint density at radius 3 is 2.62 bits per heavy atom. The van der Waals surface area contributed by atoms with Gasteiger partial charge in [-0.05, 0) is 45.7 Å². The molecular formula is C19H23F2N3O4S. The number of hydrogen-bond acceptors (Lipinski definition) is 5. The summed E-state index contributed by atoms with van der Waals surface area (Å²) in [4.78, 5) is 14.4. The first-order valence-corrected chi connectivity index (χ1v) is 10.8. The minimum atomic E-state index is -3.86. The molecule has 0 saturated carbocycles. The van der Waals surface area contributed by atoms with E-state index in [1.807, 2.05) is 0 Å². The first kappa shape index (κ1) is 21.4. The van der Waals surface area contributed by atoms with E-state index in [9.17, 15) is 22.0 Å². The molecule has 10 heteroatoms. The number of halogens is 2. The molecule has 1 saturated heterocycles. The molecule has 0 aliphatic carbocycles. The lowest BCUT2D eigenvalue weighted by molar-refractivity contribution is -0.123. The molecule has 1 aromatic carbocycles. The summed E-state index contributed by atoms with van der Waals surface area (Å²) < 4.78 is 59.2. The van der Waals surface area contributed by atoms with Gasteiger partial charge in [0.05, 0.1) is 5.92 Å². The normalized spacial score (nSPS) is 18.0. The van der Waals surface area contributed by atoms with Crippen LogP contribution in [0.2, 0.25) is 0 Å². The Hall–Kier alpha value is -2.33. The molecule has 0 N–H and O–H groups in total. The van der Waals surface area contributed by atoms with Crippen LogP contribution in [0, 0.1) is 31.4 Å². The Labute approximate surface area is 168 Å². The number of aromatic nitrogens is 1. The highest BCUT2D eigenvalue weighted by Crippen LogP contribution is 2.29. The first-order chi connectivity index (χ1) is 13.7. The van der Waals surface area contributed by atoms with E-state index in [0.717, 1.165) is 12.1 Å². The van der Waals surface area contributed by atoms with Crippen molar-refractivity contribution in [3.8, 4) is 0 Å². The zero-order chi connectivity index (χ0) is 21.3. The van der Waals surface area contributed by atoms with E-state index < -0.39 is 27.6 Å². The third-order valence-corrected chi connectivity index (χ3v) is 7.21. The van der Waals surface area contributed by atoms with Crippen LogP contribution in [0.25, 0.3) is 0 Å². The number of rotatable bonds is 5. The Balaban J connectivity index is 1.84. The molecular weight excluding hydrogens is 404 g/mol. The van der Waals surface area contributed by atoms with Gasteiger partial charge in [-0.2, -0.15) is 4.31 Å². The predicted molar refractivity (Wildman–Crippen MR) is 102 cm³/mol. The summed E-state index contributed by atoms with van der Waals surface area (Å²) in [6, 6.07) is 3.27. The predicted octanol–water partition coefficient (Wildman–Crippen LogP) is 3.02. The summed E-state index contributed by atoms with van der Waals surface area (Å²) in [5, 5.41) is 3.71. The van der Waals surface area contributed by atoms with Crippen LogP contribution in [0.15, 0.2) is 27.6 Å². The van der Waals surface area contributed by atoms with E-state index in [0.29, 0.717) is 12.8 Å². The summed E-state index contributed by atoms with van der Waals surface area (Å²) in [5.74, 6) is -2.75. The number of anilines is 1. The second-order valence-electron chi connectivity index (χ2n) is 7.04. The molecule has 2 heterocycles. The van der Waals surface area contributed by atoms with Crippen LogP contribution in [0.4, 0.5) is 14.5 Å². The third kappa shape index (κ3) is 4.04. The molecule has 0 bridgehead atoms. The van der Waals surface area contributed by atoms with Crippen LogP contribution < -0.4 is 4.90 Å². The molecule has 158 valence electrons. The van der Waals surface area contributed by atoms with Crippen molar-refractivity contribution in [2.75, 3.05) is 24.5 Å². The van der Waals surface area contributed by atoms with E-state index >= 15 is 0 Å². The van der Waals surface area contributed by atoms with Crippen LogP contribution in [0.5, 0.6) is 0 Å². The smallest absolute Gasteiger partial charge is 0.248 e. The molecule has 1 aromatic heterocycles. The fourth-order valence-electron chi connectivity index (χ4n) is 3.67. The Bertz CT molecular complexity index is 1000. The second-order valence-corrected chi connectivity index (χ2v) is 8.91. The number of sulfonamides is 1. The van der Waals surface area contributed by atoms with Crippen molar-refractivity contribution in [3.05, 3.63) is 41.3 Å². The summed E-state index contributed by atoms with van der Waals surface area (Å²) in [6.07, 6.45) is 1.01. The zero-order valence-corrected chi connectivity index (χ0v) is 17.3. The summed E-state index contributed by atoms with van der Waals surface area (Å²) in [5.41, 5.74) is 0.509. The van der Waals surface area contributed by atoms with Gasteiger partial charge in [0.1, 0.15) is 10.6 Å². The van der Waals surface area contributed by atoms with E-state index in [-0.39, 0.29) is 47.6 Å². The van der Waals surface area contributed by atoms with Gasteiger partial charge in [-0.25, -0.2) is 17.2 Å². The van der Waals surface area contributed by atoms with E-state index in [1.165, 1.54) is 22.2 Å². The number of hydrogen-bond donors (Lipinski definition) is 0. The number of carbonyl (C=O) groups is 1. The monoisotopic (exact) mass is 427 g/mol. The van der Waals surface area contributed by atoms with E-state index in [2.05, 4.69) is 5.16 Å². The fraction of sp³-hybridized carbons (Fsp3) is 0.474. The molecule has 1 fully saturated rings. The molecule has 0 radical (unpaired) electrons. The van der Waals surface area contributed by atoms with Gasteiger partial charge in [0.2, 0.25) is 15.9 Å². The molecule has 29 heavy (non-hydrogen) atoms. The highest BCUT2D eigenvalue weighted by Gasteiger charge is 2.37. The second kappa shape index (κ2) is 8.19. The third-order valence-electron chi connectivity index (χ3n) is 5.10. The standard InChI is InChI=1S/C19H23F2N3O4S/c1-4-24(15-7-8-16(20)17(21)10-15)19(25)14-6-5-9-23(11-14)29(26,27)18-12(2)22-28-13(18)3/h7-8,10,14H,4-6,9,11H2,1-3H3. The van der Waals surface area contributed by atoms with Crippen LogP contribution in [-0.4, -0.2) is 43.4 Å². The molecule has 1 unspecified atom stereocenters. The lowest BCUT2D eigenvalue weighted by atomic mass is 9.97. The Morgan fingerprint density at radius 1 is 1.31 bits per heavy atom. The van der Waals surface area contributed by atoms with Gasteiger partial charge in [0.25, 0.3) is 0 Å². The van der Waals surface area contributed by atoms with Gasteiger partial charge in [-0.3, -0.25) is 4.79 Å². The van der Waals surface area contributed by atoms with E-state index in [4.69, 9.17) is 4.52 Å². The van der Waals surface area contributed by atoms with Crippen molar-refractivity contribution < 1.29 is 26.5 Å². The van der Waals surface area contributed by atoms with Gasteiger partial charge in [0.15, 0.2) is 17.4 Å². The maximum absolute atomic E-state index is 13.6. The van der Waals surface area contributed by atoms with Gasteiger partial charge >= 0.3 is 0 Å². The topological polar surface area (TPSA) is 83.7 Å². The number of carbonyl (C=O) groups excluding carboxylic acids is 1.